The molecule has 2 aromatic heterocycles. The number of hydrogen-bond acceptors (Lipinski definition) is 6. The molecule has 1 saturated heterocycles. The summed E-state index contributed by atoms with van der Waals surface area (Å²) in [4.78, 5) is 31.4. The maximum atomic E-state index is 12.7. The molecular formula is C26H21F3N4O4. The van der Waals surface area contributed by atoms with Crippen LogP contribution in [0.2, 0.25) is 0 Å². The first-order valence-corrected chi connectivity index (χ1v) is 11.5. The van der Waals surface area contributed by atoms with Gasteiger partial charge < -0.3 is 18.7 Å². The molecule has 2 aromatic carbocycles. The van der Waals surface area contributed by atoms with Crippen LogP contribution in [-0.4, -0.2) is 45.0 Å². The third-order valence-corrected chi connectivity index (χ3v) is 5.92. The molecule has 0 unspecified atom stereocenters. The van der Waals surface area contributed by atoms with Crippen molar-refractivity contribution in [3.05, 3.63) is 88.3 Å². The quantitative estimate of drug-likeness (QED) is 0.372. The molecule has 190 valence electrons. The predicted molar refractivity (Wildman–Crippen MR) is 127 cm³/mol. The van der Waals surface area contributed by atoms with Crippen LogP contribution >= 0.6 is 0 Å². The van der Waals surface area contributed by atoms with Crippen molar-refractivity contribution in [2.75, 3.05) is 13.1 Å². The summed E-state index contributed by atoms with van der Waals surface area (Å²) in [6.45, 7) is 1.74. The largest absolute Gasteiger partial charge is 0.573 e. The van der Waals surface area contributed by atoms with Crippen LogP contribution < -0.4 is 10.3 Å². The van der Waals surface area contributed by atoms with Crippen molar-refractivity contribution < 1.29 is 27.2 Å². The average Bonchev–Trinajstić information content (AvgIpc) is 3.58. The van der Waals surface area contributed by atoms with Crippen molar-refractivity contribution in [2.45, 2.75) is 25.7 Å². The molecule has 0 spiro atoms. The van der Waals surface area contributed by atoms with Crippen molar-refractivity contribution in [1.29, 1.82) is 0 Å². The molecule has 0 aliphatic carbocycles. The molecule has 11 heteroatoms. The van der Waals surface area contributed by atoms with E-state index >= 15 is 0 Å². The minimum atomic E-state index is -4.78. The van der Waals surface area contributed by atoms with E-state index in [2.05, 4.69) is 14.9 Å². The maximum absolute atomic E-state index is 12.7. The number of likely N-dealkylation sites (tertiary alicyclic amines) is 1. The zero-order valence-electron chi connectivity index (χ0n) is 19.4. The molecule has 0 saturated carbocycles. The van der Waals surface area contributed by atoms with Gasteiger partial charge in [0.25, 0.3) is 17.4 Å². The number of rotatable bonds is 6. The summed E-state index contributed by atoms with van der Waals surface area (Å²) in [5, 5.41) is 3.89. The molecule has 5 rings (SSSR count). The number of carbonyl (C=O) groups excluding carboxylic acids is 1. The Kier molecular flexibility index (Phi) is 6.51. The van der Waals surface area contributed by atoms with Gasteiger partial charge in [-0.15, -0.1) is 13.2 Å². The van der Waals surface area contributed by atoms with Gasteiger partial charge in [-0.05, 0) is 60.9 Å². The molecule has 1 fully saturated rings. The lowest BCUT2D eigenvalue weighted by atomic mass is 10.1. The van der Waals surface area contributed by atoms with Crippen LogP contribution in [0.5, 0.6) is 5.75 Å². The summed E-state index contributed by atoms with van der Waals surface area (Å²) in [6, 6.07) is 15.2. The van der Waals surface area contributed by atoms with E-state index in [-0.39, 0.29) is 35.5 Å². The topological polar surface area (TPSA) is 90.5 Å². The van der Waals surface area contributed by atoms with E-state index in [1.807, 2.05) is 11.0 Å². The summed E-state index contributed by atoms with van der Waals surface area (Å²) in [6.07, 6.45) is -1.20. The van der Waals surface area contributed by atoms with E-state index in [4.69, 9.17) is 4.52 Å². The fourth-order valence-electron chi connectivity index (χ4n) is 4.15. The lowest BCUT2D eigenvalue weighted by Gasteiger charge is -2.16. The summed E-state index contributed by atoms with van der Waals surface area (Å²) >= 11 is 0. The molecule has 0 atom stereocenters. The van der Waals surface area contributed by atoms with Crippen LogP contribution in [0.15, 0.2) is 76.2 Å². The molecule has 1 amide bonds. The van der Waals surface area contributed by atoms with Crippen molar-refractivity contribution in [2.24, 2.45) is 0 Å². The monoisotopic (exact) mass is 510 g/mol. The maximum Gasteiger partial charge on any atom is 0.573 e. The average molecular weight is 510 g/mol. The van der Waals surface area contributed by atoms with E-state index in [9.17, 15) is 22.8 Å². The Labute approximate surface area is 208 Å². The van der Waals surface area contributed by atoms with E-state index in [0.29, 0.717) is 16.7 Å². The van der Waals surface area contributed by atoms with Gasteiger partial charge in [-0.3, -0.25) is 9.59 Å². The molecule has 3 heterocycles. The van der Waals surface area contributed by atoms with E-state index in [1.165, 1.54) is 22.8 Å². The number of halogens is 3. The van der Waals surface area contributed by atoms with Crippen LogP contribution in [0.1, 0.15) is 28.8 Å². The zero-order chi connectivity index (χ0) is 26.0. The normalized spacial score (nSPS) is 13.6. The van der Waals surface area contributed by atoms with Gasteiger partial charge in [0.2, 0.25) is 5.82 Å². The third kappa shape index (κ3) is 5.71. The summed E-state index contributed by atoms with van der Waals surface area (Å²) < 4.78 is 47.8. The smallest absolute Gasteiger partial charge is 0.406 e. The second kappa shape index (κ2) is 9.92. The van der Waals surface area contributed by atoms with Crippen LogP contribution in [0, 0.1) is 0 Å². The molecule has 4 aromatic rings. The second-order valence-corrected chi connectivity index (χ2v) is 8.58. The van der Waals surface area contributed by atoms with Gasteiger partial charge in [0.1, 0.15) is 5.75 Å². The Balaban J connectivity index is 1.34. The first-order chi connectivity index (χ1) is 17.7. The number of aromatic nitrogens is 3. The Morgan fingerprint density at radius 2 is 1.73 bits per heavy atom. The number of ether oxygens (including phenoxy) is 1. The molecule has 0 radical (unpaired) electrons. The standard InChI is InChI=1S/C26H21F3N4O4/c27-26(28,29)36-21-9-6-18(7-10-21)23-30-24(37-31-23)20-8-11-22(34)33(16-20)15-17-4-3-5-19(14-17)25(35)32-12-1-2-13-32/h3-11,14,16H,1-2,12-13,15H2. The SMILES string of the molecule is O=C(c1cccc(Cn2cc(-c3nc(-c4ccc(OC(F)(F)F)cc4)no3)ccc2=O)c1)N1CCCC1. The minimum absolute atomic E-state index is 0.0168. The highest BCUT2D eigenvalue weighted by Crippen LogP contribution is 2.27. The first kappa shape index (κ1) is 24.3. The number of nitrogens with zero attached hydrogens (tertiary/aromatic N) is 4. The fraction of sp³-hybridized carbons (Fsp3) is 0.231. The van der Waals surface area contributed by atoms with E-state index in [0.717, 1.165) is 43.6 Å². The Morgan fingerprint density at radius 1 is 1.00 bits per heavy atom. The highest BCUT2D eigenvalue weighted by atomic mass is 19.4. The number of carbonyl (C=O) groups is 1. The minimum Gasteiger partial charge on any atom is -0.406 e. The number of pyridine rings is 1. The number of hydrogen-bond donors (Lipinski definition) is 0. The molecule has 1 aliphatic rings. The highest BCUT2D eigenvalue weighted by molar-refractivity contribution is 5.94. The Bertz CT molecular complexity index is 1470. The van der Waals surface area contributed by atoms with Crippen LogP contribution in [0.25, 0.3) is 22.8 Å². The molecule has 0 bridgehead atoms. The molecular weight excluding hydrogens is 489 g/mol. The second-order valence-electron chi connectivity index (χ2n) is 8.58. The lowest BCUT2D eigenvalue weighted by Crippen LogP contribution is -2.27. The van der Waals surface area contributed by atoms with E-state index in [1.54, 1.807) is 30.5 Å². The van der Waals surface area contributed by atoms with Crippen molar-refractivity contribution in [1.82, 2.24) is 19.6 Å². The van der Waals surface area contributed by atoms with Crippen molar-refractivity contribution in [3.63, 3.8) is 0 Å². The number of alkyl halides is 3. The molecule has 1 aliphatic heterocycles. The lowest BCUT2D eigenvalue weighted by molar-refractivity contribution is -0.274. The van der Waals surface area contributed by atoms with Crippen molar-refractivity contribution >= 4 is 5.91 Å². The van der Waals surface area contributed by atoms with Gasteiger partial charge in [-0.1, -0.05) is 17.3 Å². The van der Waals surface area contributed by atoms with Gasteiger partial charge in [-0.2, -0.15) is 4.98 Å². The van der Waals surface area contributed by atoms with Crippen LogP contribution in [0.4, 0.5) is 13.2 Å². The Morgan fingerprint density at radius 3 is 2.46 bits per heavy atom. The highest BCUT2D eigenvalue weighted by Gasteiger charge is 2.31. The van der Waals surface area contributed by atoms with Gasteiger partial charge in [0.15, 0.2) is 0 Å². The summed E-state index contributed by atoms with van der Waals surface area (Å²) in [5.74, 6) is -0.0770. The first-order valence-electron chi connectivity index (χ1n) is 11.5. The molecule has 37 heavy (non-hydrogen) atoms. The molecule has 8 nitrogen and oxygen atoms in total. The van der Waals surface area contributed by atoms with Gasteiger partial charge in [-0.25, -0.2) is 0 Å². The van der Waals surface area contributed by atoms with Crippen molar-refractivity contribution in [3.8, 4) is 28.6 Å². The van der Waals surface area contributed by atoms with E-state index < -0.39 is 6.36 Å². The summed E-state index contributed by atoms with van der Waals surface area (Å²) in [5.41, 5.74) is 2.03. The fourth-order valence-corrected chi connectivity index (χ4v) is 4.15. The summed E-state index contributed by atoms with van der Waals surface area (Å²) in [7, 11) is 0. The zero-order valence-corrected chi connectivity index (χ0v) is 19.4. The Hall–Kier alpha value is -4.41. The third-order valence-electron chi connectivity index (χ3n) is 5.92. The number of benzene rings is 2. The molecule has 0 N–H and O–H groups in total. The van der Waals surface area contributed by atoms with Crippen LogP contribution in [0.3, 0.4) is 0 Å². The number of amides is 1. The van der Waals surface area contributed by atoms with Gasteiger partial charge in [0, 0.05) is 36.5 Å². The predicted octanol–water partition coefficient (Wildman–Crippen LogP) is 4.75. The van der Waals surface area contributed by atoms with Gasteiger partial charge in [0.05, 0.1) is 12.1 Å². The van der Waals surface area contributed by atoms with Crippen LogP contribution in [-0.2, 0) is 6.54 Å². The van der Waals surface area contributed by atoms with Gasteiger partial charge >= 0.3 is 6.36 Å².